The van der Waals surface area contributed by atoms with Crippen molar-refractivity contribution in [2.75, 3.05) is 42.7 Å². The largest absolute Gasteiger partial charge is 4.00 e. The minimum absolute atomic E-state index is 0. The molecule has 0 saturated carbocycles. The summed E-state index contributed by atoms with van der Waals surface area (Å²) < 4.78 is 35.3. The van der Waals surface area contributed by atoms with E-state index in [1.807, 2.05) is 0 Å². The number of hydrogen-bond donors (Lipinski definition) is 0. The molecule has 0 amide bonds. The van der Waals surface area contributed by atoms with Crippen LogP contribution in [0.15, 0.2) is 36.4 Å². The second-order valence-corrected chi connectivity index (χ2v) is 14.9. The second-order valence-electron chi connectivity index (χ2n) is 11.2. The van der Waals surface area contributed by atoms with E-state index in [2.05, 4.69) is 84.9 Å². The maximum atomic E-state index is 5.97. The SMILES string of the molecule is COc1cc([Si](c2cc(C)c(OC)c(OC)c2)(c2cc(C)c(OC)c(OC)c2)[c-]2c(C)c(C)c(C)c2C)cc(C)c1OC.[Cl-].[Cl-].[Cl-].[Ti+4]. The summed E-state index contributed by atoms with van der Waals surface area (Å²) in [5.74, 6) is 4.26. The van der Waals surface area contributed by atoms with Crippen LogP contribution in [0.3, 0.4) is 0 Å². The molecule has 4 aromatic rings. The van der Waals surface area contributed by atoms with Gasteiger partial charge in [0, 0.05) is 0 Å². The van der Waals surface area contributed by atoms with Gasteiger partial charge >= 0.3 is 21.7 Å². The fourth-order valence-electron chi connectivity index (χ4n) is 6.83. The van der Waals surface area contributed by atoms with Crippen LogP contribution in [0, 0.1) is 48.5 Å². The molecule has 0 spiro atoms. The van der Waals surface area contributed by atoms with Crippen molar-refractivity contribution in [1.82, 2.24) is 0 Å². The van der Waals surface area contributed by atoms with Crippen molar-refractivity contribution in [1.29, 1.82) is 0 Å². The predicted molar refractivity (Wildman–Crippen MR) is 178 cm³/mol. The molecule has 0 aliphatic heterocycles. The topological polar surface area (TPSA) is 55.4 Å². The molecule has 0 radical (unpaired) electrons. The Bertz CT molecular complexity index is 1510. The molecule has 0 aromatic heterocycles. The van der Waals surface area contributed by atoms with Gasteiger partial charge in [0.05, 0.1) is 42.7 Å². The smallest absolute Gasteiger partial charge is 1.00 e. The Balaban J connectivity index is 0.00000529. The zero-order valence-corrected chi connectivity index (χ0v) is 34.4. The van der Waals surface area contributed by atoms with Crippen LogP contribution in [-0.2, 0) is 21.7 Å². The van der Waals surface area contributed by atoms with Crippen molar-refractivity contribution < 1.29 is 87.4 Å². The Morgan fingerprint density at radius 1 is 0.426 bits per heavy atom. The molecule has 0 N–H and O–H groups in total. The van der Waals surface area contributed by atoms with E-state index in [0.717, 1.165) is 49.5 Å². The number of ether oxygens (including phenoxy) is 6. The molecular weight excluding hydrogens is 711 g/mol. The second kappa shape index (κ2) is 17.8. The Hall–Kier alpha value is -2.39. The summed E-state index contributed by atoms with van der Waals surface area (Å²) in [5, 5.41) is 4.83. The molecule has 0 bridgehead atoms. The monoisotopic (exact) mass is 754 g/mol. The van der Waals surface area contributed by atoms with Crippen LogP contribution in [0.5, 0.6) is 34.5 Å². The van der Waals surface area contributed by atoms with Gasteiger partial charge in [-0.2, -0.15) is 22.3 Å². The third-order valence-corrected chi connectivity index (χ3v) is 14.1. The zero-order chi connectivity index (χ0) is 31.8. The Labute approximate surface area is 315 Å². The fourth-order valence-corrected chi connectivity index (χ4v) is 12.5. The van der Waals surface area contributed by atoms with Gasteiger partial charge in [-0.05, 0) is 55.7 Å². The molecule has 0 unspecified atom stereocenters. The standard InChI is InChI=1S/C36H45O6Si.3ClH.Ti/c1-20-14-27(17-30(37-8)33(20)40-11)43(36-25(6)23(4)24(5)26(36)7,28-15-21(2)34(41-12)31(18-28)38-9)29-16-22(3)35(42-13)32(19-29)39-10;;;;/h14-19H,1-13H3;3*1H;/q-1;;;;+4/p-3. The van der Waals surface area contributed by atoms with Crippen LogP contribution in [0.1, 0.15) is 38.9 Å². The summed E-state index contributed by atoms with van der Waals surface area (Å²) in [4.78, 5) is 0. The van der Waals surface area contributed by atoms with Gasteiger partial charge in [-0.3, -0.25) is 0 Å². The van der Waals surface area contributed by atoms with E-state index in [1.54, 1.807) is 42.7 Å². The van der Waals surface area contributed by atoms with E-state index in [9.17, 15) is 0 Å². The Morgan fingerprint density at radius 2 is 0.681 bits per heavy atom. The van der Waals surface area contributed by atoms with Gasteiger partial charge < -0.3 is 65.6 Å². The molecule has 0 aliphatic rings. The maximum absolute atomic E-state index is 5.97. The molecule has 11 heteroatoms. The third kappa shape index (κ3) is 7.31. The number of rotatable bonds is 10. The van der Waals surface area contributed by atoms with Crippen molar-refractivity contribution in [3.05, 3.63) is 75.3 Å². The van der Waals surface area contributed by atoms with Crippen LogP contribution < -0.4 is 86.4 Å². The van der Waals surface area contributed by atoms with Crippen molar-refractivity contribution in [2.24, 2.45) is 0 Å². The van der Waals surface area contributed by atoms with E-state index in [-0.39, 0.29) is 58.9 Å². The average molecular weight is 756 g/mol. The molecule has 254 valence electrons. The van der Waals surface area contributed by atoms with Crippen molar-refractivity contribution in [2.45, 2.75) is 48.5 Å². The van der Waals surface area contributed by atoms with Crippen LogP contribution in [0.4, 0.5) is 0 Å². The van der Waals surface area contributed by atoms with Crippen LogP contribution in [0.2, 0.25) is 0 Å². The molecule has 0 fully saturated rings. The fraction of sp³-hybridized carbons (Fsp3) is 0.361. The molecule has 0 saturated heterocycles. The van der Waals surface area contributed by atoms with Crippen molar-refractivity contribution in [3.63, 3.8) is 0 Å². The summed E-state index contributed by atoms with van der Waals surface area (Å²) >= 11 is 0. The molecule has 0 heterocycles. The summed E-state index contributed by atoms with van der Waals surface area (Å²) in [6.07, 6.45) is 0. The first-order chi connectivity index (χ1) is 20.5. The first kappa shape index (κ1) is 44.6. The van der Waals surface area contributed by atoms with Gasteiger partial charge in [0.15, 0.2) is 34.5 Å². The van der Waals surface area contributed by atoms with Gasteiger partial charge in [-0.25, -0.2) is 0 Å². The van der Waals surface area contributed by atoms with Gasteiger partial charge in [-0.1, -0.05) is 61.5 Å². The summed E-state index contributed by atoms with van der Waals surface area (Å²) in [7, 11) is 6.98. The third-order valence-electron chi connectivity index (χ3n) is 9.11. The van der Waals surface area contributed by atoms with Crippen molar-refractivity contribution >= 4 is 28.8 Å². The number of aryl methyl sites for hydroxylation is 3. The van der Waals surface area contributed by atoms with E-state index in [4.69, 9.17) is 28.4 Å². The first-order valence-corrected chi connectivity index (χ1v) is 16.4. The normalized spacial score (nSPS) is 10.4. The Morgan fingerprint density at radius 3 is 0.894 bits per heavy atom. The van der Waals surface area contributed by atoms with E-state index in [1.165, 1.54) is 27.4 Å². The van der Waals surface area contributed by atoms with E-state index < -0.39 is 8.07 Å². The molecule has 6 nitrogen and oxygen atoms in total. The quantitative estimate of drug-likeness (QED) is 0.0937. The summed E-state index contributed by atoms with van der Waals surface area (Å²) in [5.41, 5.74) is 8.17. The number of benzene rings is 3. The number of halogens is 3. The minimum Gasteiger partial charge on any atom is -1.00 e. The minimum atomic E-state index is -3.15. The summed E-state index contributed by atoms with van der Waals surface area (Å²) in [6.45, 7) is 15.2. The number of methoxy groups -OCH3 is 6. The maximum Gasteiger partial charge on any atom is 4.00 e. The molecule has 4 rings (SSSR count). The molecule has 0 aliphatic carbocycles. The van der Waals surface area contributed by atoms with Gasteiger partial charge in [0.2, 0.25) is 0 Å². The Kier molecular flexibility index (Phi) is 16.9. The predicted octanol–water partition coefficient (Wildman–Crippen LogP) is -4.00. The average Bonchev–Trinajstić information content (AvgIpc) is 3.18. The number of hydrogen-bond acceptors (Lipinski definition) is 6. The van der Waals surface area contributed by atoms with Crippen LogP contribution in [0.25, 0.3) is 0 Å². The summed E-state index contributed by atoms with van der Waals surface area (Å²) in [6, 6.07) is 13.3. The molecular formula is C36H45Cl3O6SiTi. The van der Waals surface area contributed by atoms with Gasteiger partial charge in [0.25, 0.3) is 0 Å². The van der Waals surface area contributed by atoms with Crippen LogP contribution >= 0.6 is 0 Å². The van der Waals surface area contributed by atoms with Crippen LogP contribution in [-0.4, -0.2) is 50.7 Å². The van der Waals surface area contributed by atoms with E-state index >= 15 is 0 Å². The first-order valence-electron chi connectivity index (χ1n) is 14.4. The van der Waals surface area contributed by atoms with Gasteiger partial charge in [-0.15, -0.1) is 5.19 Å². The molecule has 0 atom stereocenters. The van der Waals surface area contributed by atoms with Gasteiger partial charge in [0.1, 0.15) is 8.07 Å². The van der Waals surface area contributed by atoms with E-state index in [0.29, 0.717) is 17.2 Å². The zero-order valence-electron chi connectivity index (χ0n) is 29.5. The molecule has 4 aromatic carbocycles. The molecule has 47 heavy (non-hydrogen) atoms. The van der Waals surface area contributed by atoms with Crippen molar-refractivity contribution in [3.8, 4) is 34.5 Å².